The minimum atomic E-state index is 0.250. The van der Waals surface area contributed by atoms with Crippen molar-refractivity contribution in [3.05, 3.63) is 48.4 Å². The van der Waals surface area contributed by atoms with E-state index in [2.05, 4.69) is 89.9 Å². The minimum Gasteiger partial charge on any atom is -0.113 e. The summed E-state index contributed by atoms with van der Waals surface area (Å²) in [5.74, 6) is 5.22. The predicted octanol–water partition coefficient (Wildman–Crippen LogP) is 5.26. The summed E-state index contributed by atoms with van der Waals surface area (Å²) in [4.78, 5) is 0. The van der Waals surface area contributed by atoms with Gasteiger partial charge in [0.2, 0.25) is 6.71 Å². The molecule has 0 spiro atoms. The van der Waals surface area contributed by atoms with E-state index in [9.17, 15) is 0 Å². The molecule has 0 aromatic carbocycles. The average molecular weight is 242 g/mol. The van der Waals surface area contributed by atoms with E-state index in [1.165, 1.54) is 0 Å². The molecule has 0 unspecified atom stereocenters. The lowest BCUT2D eigenvalue weighted by molar-refractivity contribution is 0.544. The van der Waals surface area contributed by atoms with Crippen LogP contribution < -0.4 is 0 Å². The topological polar surface area (TPSA) is 0 Å². The molecule has 0 aliphatic heterocycles. The second-order valence-corrected chi connectivity index (χ2v) is 7.37. The summed E-state index contributed by atoms with van der Waals surface area (Å²) in [5.41, 5.74) is 0.500. The molecule has 98 valence electrons. The van der Waals surface area contributed by atoms with Crippen LogP contribution in [-0.2, 0) is 0 Å². The lowest BCUT2D eigenvalue weighted by Gasteiger charge is -2.17. The van der Waals surface area contributed by atoms with Crippen LogP contribution in [-0.4, -0.2) is 6.71 Å². The number of hydrogen-bond donors (Lipinski definition) is 0. The Morgan fingerprint density at radius 2 is 1.17 bits per heavy atom. The van der Waals surface area contributed by atoms with Gasteiger partial charge in [-0.15, -0.1) is 12.0 Å². The molecule has 0 atom stereocenters. The zero-order valence-corrected chi connectivity index (χ0v) is 12.8. The third kappa shape index (κ3) is 6.09. The molecular formula is C17H27B. The Bertz CT molecular complexity index is 333. The normalized spacial score (nSPS) is 17.4. The van der Waals surface area contributed by atoms with Gasteiger partial charge in [0.1, 0.15) is 0 Å². The third-order valence-electron chi connectivity index (χ3n) is 2.86. The van der Waals surface area contributed by atoms with E-state index in [4.69, 9.17) is 0 Å². The van der Waals surface area contributed by atoms with Crippen LogP contribution in [0.4, 0.5) is 0 Å². The van der Waals surface area contributed by atoms with E-state index >= 15 is 0 Å². The first-order chi connectivity index (χ1) is 8.17. The second-order valence-electron chi connectivity index (χ2n) is 7.37. The molecule has 0 radical (unpaired) electrons. The molecule has 1 aliphatic carbocycles. The van der Waals surface area contributed by atoms with Crippen molar-refractivity contribution in [1.82, 2.24) is 0 Å². The molecule has 0 fully saturated rings. The fourth-order valence-corrected chi connectivity index (χ4v) is 1.83. The minimum absolute atomic E-state index is 0.250. The van der Waals surface area contributed by atoms with Gasteiger partial charge in [-0.05, 0) is 16.6 Å². The molecule has 1 rings (SSSR count). The van der Waals surface area contributed by atoms with Gasteiger partial charge in [0, 0.05) is 0 Å². The molecule has 0 heterocycles. The molecule has 0 bridgehead atoms. The van der Waals surface area contributed by atoms with Gasteiger partial charge in [0.15, 0.2) is 0 Å². The van der Waals surface area contributed by atoms with E-state index in [-0.39, 0.29) is 10.8 Å². The molecule has 0 amide bonds. The summed E-state index contributed by atoms with van der Waals surface area (Å²) in [6.07, 6.45) is 13.5. The molecule has 0 aromatic heterocycles. The van der Waals surface area contributed by atoms with Crippen LogP contribution in [0.2, 0.25) is 5.82 Å². The van der Waals surface area contributed by atoms with Crippen LogP contribution in [0.1, 0.15) is 41.5 Å². The highest BCUT2D eigenvalue weighted by molar-refractivity contribution is 6.71. The van der Waals surface area contributed by atoms with Gasteiger partial charge < -0.3 is 0 Å². The molecule has 0 N–H and O–H groups in total. The van der Waals surface area contributed by atoms with Crippen molar-refractivity contribution >= 4 is 6.71 Å². The smallest absolute Gasteiger partial charge is 0.113 e. The van der Waals surface area contributed by atoms with Crippen LogP contribution in [0, 0.1) is 10.8 Å². The third-order valence-corrected chi connectivity index (χ3v) is 2.86. The second kappa shape index (κ2) is 5.78. The van der Waals surface area contributed by atoms with Crippen LogP contribution >= 0.6 is 0 Å². The lowest BCUT2D eigenvalue weighted by atomic mass is 9.40. The molecule has 0 nitrogen and oxygen atoms in total. The number of hydrogen-bond acceptors (Lipinski definition) is 0. The molecule has 0 aromatic rings. The first kappa shape index (κ1) is 15.1. The average Bonchev–Trinajstić information content (AvgIpc) is 2.67. The Labute approximate surface area is 114 Å². The van der Waals surface area contributed by atoms with Crippen molar-refractivity contribution in [3.8, 4) is 0 Å². The monoisotopic (exact) mass is 242 g/mol. The first-order valence-electron chi connectivity index (χ1n) is 6.91. The Morgan fingerprint density at radius 1 is 0.778 bits per heavy atom. The molecule has 1 aliphatic rings. The fraction of sp³-hybridized carbons (Fsp3) is 0.529. The molecule has 18 heavy (non-hydrogen) atoms. The van der Waals surface area contributed by atoms with Gasteiger partial charge in [-0.1, -0.05) is 78.0 Å². The van der Waals surface area contributed by atoms with Crippen LogP contribution in [0.15, 0.2) is 48.4 Å². The highest BCUT2D eigenvalue weighted by atomic mass is 14.1. The van der Waals surface area contributed by atoms with Gasteiger partial charge in [-0.25, -0.2) is 0 Å². The Morgan fingerprint density at radius 3 is 1.50 bits per heavy atom. The van der Waals surface area contributed by atoms with Crippen molar-refractivity contribution < 1.29 is 0 Å². The summed E-state index contributed by atoms with van der Waals surface area (Å²) in [6.45, 7) is 13.9. The summed E-state index contributed by atoms with van der Waals surface area (Å²) in [6, 6.07) is 0. The maximum absolute atomic E-state index is 2.35. The van der Waals surface area contributed by atoms with Gasteiger partial charge in [-0.3, -0.25) is 0 Å². The van der Waals surface area contributed by atoms with Crippen molar-refractivity contribution in [1.29, 1.82) is 0 Å². The Hall–Kier alpha value is -0.975. The van der Waals surface area contributed by atoms with E-state index in [1.54, 1.807) is 0 Å². The first-order valence-corrected chi connectivity index (χ1v) is 6.91. The fourth-order valence-electron chi connectivity index (χ4n) is 1.83. The Kier molecular flexibility index (Phi) is 4.84. The van der Waals surface area contributed by atoms with Crippen molar-refractivity contribution in [3.63, 3.8) is 0 Å². The van der Waals surface area contributed by atoms with Crippen molar-refractivity contribution in [2.24, 2.45) is 10.8 Å². The number of allylic oxidation sites excluding steroid dienone is 6. The van der Waals surface area contributed by atoms with Gasteiger partial charge >= 0.3 is 0 Å². The zero-order chi connectivity index (χ0) is 13.8. The maximum Gasteiger partial charge on any atom is 0.202 e. The predicted molar refractivity (Wildman–Crippen MR) is 85.0 cm³/mol. The maximum atomic E-state index is 2.35. The molecule has 0 saturated carbocycles. The largest absolute Gasteiger partial charge is 0.202 e. The highest BCUT2D eigenvalue weighted by Crippen LogP contribution is 2.25. The van der Waals surface area contributed by atoms with Gasteiger partial charge in [0.25, 0.3) is 0 Å². The van der Waals surface area contributed by atoms with Crippen LogP contribution in [0.3, 0.4) is 0 Å². The van der Waals surface area contributed by atoms with Gasteiger partial charge in [-0.2, -0.15) is 0 Å². The summed E-state index contributed by atoms with van der Waals surface area (Å²) in [5, 5.41) is 0. The van der Waals surface area contributed by atoms with E-state index in [1.807, 2.05) is 0 Å². The molecular weight excluding hydrogens is 215 g/mol. The molecule has 1 heteroatoms. The van der Waals surface area contributed by atoms with E-state index in [0.29, 0.717) is 12.5 Å². The lowest BCUT2D eigenvalue weighted by Crippen LogP contribution is -2.15. The standard InChI is InChI=1S/C17H27B/c1-16(2,3)11-13-18(14-12-17(4,5)6)15-9-7-8-10-15/h7-15H,1-6H3/b13-11+,14-12+. The van der Waals surface area contributed by atoms with Crippen molar-refractivity contribution in [2.45, 2.75) is 47.4 Å². The van der Waals surface area contributed by atoms with Gasteiger partial charge in [0.05, 0.1) is 0 Å². The van der Waals surface area contributed by atoms with E-state index < -0.39 is 0 Å². The highest BCUT2D eigenvalue weighted by Gasteiger charge is 2.19. The zero-order valence-electron chi connectivity index (χ0n) is 12.8. The van der Waals surface area contributed by atoms with Crippen molar-refractivity contribution in [2.75, 3.05) is 0 Å². The van der Waals surface area contributed by atoms with Crippen LogP contribution in [0.5, 0.6) is 0 Å². The SMILES string of the molecule is CC(C)(C)/C=C/B(/C=C/C(C)(C)C)C1C=CC=C1. The Balaban J connectivity index is 2.83. The summed E-state index contributed by atoms with van der Waals surface area (Å²) < 4.78 is 0. The summed E-state index contributed by atoms with van der Waals surface area (Å²) >= 11 is 0. The quantitative estimate of drug-likeness (QED) is 0.592. The molecule has 0 saturated heterocycles. The summed E-state index contributed by atoms with van der Waals surface area (Å²) in [7, 11) is 0. The van der Waals surface area contributed by atoms with Crippen LogP contribution in [0.25, 0.3) is 0 Å². The van der Waals surface area contributed by atoms with E-state index in [0.717, 1.165) is 0 Å². The number of rotatable bonds is 3.